The highest BCUT2D eigenvalue weighted by molar-refractivity contribution is 5.66. The van der Waals surface area contributed by atoms with Crippen molar-refractivity contribution in [3.05, 3.63) is 29.6 Å². The molecular weight excluding hydrogens is 254 g/mol. The van der Waals surface area contributed by atoms with Crippen molar-refractivity contribution in [2.24, 2.45) is 0 Å². The lowest BCUT2D eigenvalue weighted by molar-refractivity contribution is 0.101. The standard InChI is InChI=1S/C15H23N3O2/c1-12-6-4-7-13(16-12)14-8-5-9-18(14)10-11-20-15(19)17(2)3/h4,6-7,14H,5,8-11H2,1-3H3/t14-/m0/s1. The van der Waals surface area contributed by atoms with Crippen molar-refractivity contribution in [1.29, 1.82) is 0 Å². The van der Waals surface area contributed by atoms with Gasteiger partial charge in [-0.2, -0.15) is 0 Å². The zero-order valence-electron chi connectivity index (χ0n) is 12.5. The molecule has 1 amide bonds. The summed E-state index contributed by atoms with van der Waals surface area (Å²) in [6.07, 6.45) is 2.01. The van der Waals surface area contributed by atoms with E-state index < -0.39 is 0 Å². The molecule has 0 spiro atoms. The minimum absolute atomic E-state index is 0.283. The van der Waals surface area contributed by atoms with Gasteiger partial charge >= 0.3 is 6.09 Å². The summed E-state index contributed by atoms with van der Waals surface area (Å²) in [7, 11) is 3.38. The number of hydrogen-bond donors (Lipinski definition) is 0. The van der Waals surface area contributed by atoms with Gasteiger partial charge in [0.2, 0.25) is 0 Å². The Morgan fingerprint density at radius 2 is 2.30 bits per heavy atom. The molecule has 1 saturated heterocycles. The number of pyridine rings is 1. The molecule has 0 N–H and O–H groups in total. The number of rotatable bonds is 4. The van der Waals surface area contributed by atoms with E-state index in [2.05, 4.69) is 22.0 Å². The summed E-state index contributed by atoms with van der Waals surface area (Å²) in [5.41, 5.74) is 2.18. The molecule has 110 valence electrons. The Bertz CT molecular complexity index is 462. The Kier molecular flexibility index (Phi) is 4.95. The molecule has 2 heterocycles. The number of amides is 1. The highest BCUT2D eigenvalue weighted by Crippen LogP contribution is 2.30. The third-order valence-corrected chi connectivity index (χ3v) is 3.58. The molecule has 5 heteroatoms. The molecule has 0 aromatic carbocycles. The quantitative estimate of drug-likeness (QED) is 0.846. The van der Waals surface area contributed by atoms with E-state index >= 15 is 0 Å². The third kappa shape index (κ3) is 3.70. The van der Waals surface area contributed by atoms with Crippen LogP contribution in [0.15, 0.2) is 18.2 Å². The van der Waals surface area contributed by atoms with Crippen LogP contribution in [0.25, 0.3) is 0 Å². The number of carbonyl (C=O) groups excluding carboxylic acids is 1. The first-order valence-corrected chi connectivity index (χ1v) is 7.09. The van der Waals surface area contributed by atoms with E-state index in [0.29, 0.717) is 12.6 Å². The van der Waals surface area contributed by atoms with Gasteiger partial charge in [0.15, 0.2) is 0 Å². The molecule has 1 aliphatic heterocycles. The van der Waals surface area contributed by atoms with Crippen molar-refractivity contribution in [3.63, 3.8) is 0 Å². The van der Waals surface area contributed by atoms with Crippen molar-refractivity contribution in [1.82, 2.24) is 14.8 Å². The lowest BCUT2D eigenvalue weighted by Crippen LogP contribution is -2.31. The maximum Gasteiger partial charge on any atom is 0.409 e. The van der Waals surface area contributed by atoms with Gasteiger partial charge in [0, 0.05) is 26.3 Å². The predicted molar refractivity (Wildman–Crippen MR) is 77.6 cm³/mol. The second-order valence-corrected chi connectivity index (χ2v) is 5.41. The van der Waals surface area contributed by atoms with Crippen LogP contribution in [0, 0.1) is 6.92 Å². The Labute approximate surface area is 120 Å². The second kappa shape index (κ2) is 6.70. The fourth-order valence-corrected chi connectivity index (χ4v) is 2.56. The molecule has 5 nitrogen and oxygen atoms in total. The maximum atomic E-state index is 11.4. The summed E-state index contributed by atoms with van der Waals surface area (Å²) in [5.74, 6) is 0. The van der Waals surface area contributed by atoms with Crippen LogP contribution in [-0.4, -0.2) is 54.7 Å². The van der Waals surface area contributed by atoms with Crippen LogP contribution in [0.5, 0.6) is 0 Å². The molecule has 1 aromatic rings. The van der Waals surface area contributed by atoms with Crippen LogP contribution in [-0.2, 0) is 4.74 Å². The van der Waals surface area contributed by atoms with Gasteiger partial charge in [-0.05, 0) is 38.4 Å². The number of aromatic nitrogens is 1. The summed E-state index contributed by atoms with van der Waals surface area (Å²) in [5, 5.41) is 0. The number of hydrogen-bond acceptors (Lipinski definition) is 4. The average Bonchev–Trinajstić information content (AvgIpc) is 2.87. The van der Waals surface area contributed by atoms with E-state index in [0.717, 1.165) is 30.9 Å². The van der Waals surface area contributed by atoms with Crippen LogP contribution in [0.4, 0.5) is 4.79 Å². The van der Waals surface area contributed by atoms with Gasteiger partial charge in [-0.1, -0.05) is 6.07 Å². The first kappa shape index (κ1) is 14.8. The van der Waals surface area contributed by atoms with Crippen LogP contribution in [0.1, 0.15) is 30.3 Å². The molecule has 0 unspecified atom stereocenters. The number of ether oxygens (including phenoxy) is 1. The number of aryl methyl sites for hydroxylation is 1. The fraction of sp³-hybridized carbons (Fsp3) is 0.600. The molecular formula is C15H23N3O2. The van der Waals surface area contributed by atoms with E-state index in [-0.39, 0.29) is 6.09 Å². The van der Waals surface area contributed by atoms with Crippen LogP contribution >= 0.6 is 0 Å². The average molecular weight is 277 g/mol. The summed E-state index contributed by atoms with van der Waals surface area (Å²) in [4.78, 5) is 19.8. The SMILES string of the molecule is Cc1cccc([C@@H]2CCCN2CCOC(=O)N(C)C)n1. The lowest BCUT2D eigenvalue weighted by Gasteiger charge is -2.24. The minimum atomic E-state index is -0.283. The molecule has 1 aliphatic rings. The van der Waals surface area contributed by atoms with E-state index in [4.69, 9.17) is 4.74 Å². The van der Waals surface area contributed by atoms with Crippen molar-refractivity contribution >= 4 is 6.09 Å². The van der Waals surface area contributed by atoms with Crippen molar-refractivity contribution in [2.75, 3.05) is 33.8 Å². The molecule has 20 heavy (non-hydrogen) atoms. The Hall–Kier alpha value is -1.62. The van der Waals surface area contributed by atoms with Crippen molar-refractivity contribution in [3.8, 4) is 0 Å². The zero-order chi connectivity index (χ0) is 14.5. The van der Waals surface area contributed by atoms with Gasteiger partial charge < -0.3 is 9.64 Å². The summed E-state index contributed by atoms with van der Waals surface area (Å²) in [6, 6.07) is 6.51. The molecule has 1 aromatic heterocycles. The molecule has 0 saturated carbocycles. The normalized spacial score (nSPS) is 19.1. The Morgan fingerprint density at radius 3 is 3.00 bits per heavy atom. The minimum Gasteiger partial charge on any atom is -0.448 e. The number of likely N-dealkylation sites (tertiary alicyclic amines) is 1. The molecule has 1 fully saturated rings. The van der Waals surface area contributed by atoms with Gasteiger partial charge in [0.25, 0.3) is 0 Å². The smallest absolute Gasteiger partial charge is 0.409 e. The summed E-state index contributed by atoms with van der Waals surface area (Å²) >= 11 is 0. The fourth-order valence-electron chi connectivity index (χ4n) is 2.56. The van der Waals surface area contributed by atoms with Crippen LogP contribution in [0.3, 0.4) is 0 Å². The second-order valence-electron chi connectivity index (χ2n) is 5.41. The van der Waals surface area contributed by atoms with Gasteiger partial charge in [-0.25, -0.2) is 4.79 Å². The van der Waals surface area contributed by atoms with Crippen molar-refractivity contribution in [2.45, 2.75) is 25.8 Å². The zero-order valence-corrected chi connectivity index (χ0v) is 12.5. The van der Waals surface area contributed by atoms with Crippen molar-refractivity contribution < 1.29 is 9.53 Å². The van der Waals surface area contributed by atoms with E-state index in [1.807, 2.05) is 13.0 Å². The van der Waals surface area contributed by atoms with Gasteiger partial charge in [-0.3, -0.25) is 9.88 Å². The van der Waals surface area contributed by atoms with E-state index in [1.54, 1.807) is 14.1 Å². The van der Waals surface area contributed by atoms with Crippen LogP contribution < -0.4 is 0 Å². The molecule has 0 radical (unpaired) electrons. The third-order valence-electron chi connectivity index (χ3n) is 3.58. The molecule has 0 bridgehead atoms. The lowest BCUT2D eigenvalue weighted by atomic mass is 10.1. The summed E-state index contributed by atoms with van der Waals surface area (Å²) < 4.78 is 5.20. The highest BCUT2D eigenvalue weighted by atomic mass is 16.6. The van der Waals surface area contributed by atoms with Crippen LogP contribution in [0.2, 0.25) is 0 Å². The summed E-state index contributed by atoms with van der Waals surface area (Å²) in [6.45, 7) is 4.25. The molecule has 2 rings (SSSR count). The monoisotopic (exact) mass is 277 g/mol. The molecule has 1 atom stereocenters. The van der Waals surface area contributed by atoms with E-state index in [9.17, 15) is 4.79 Å². The first-order chi connectivity index (χ1) is 9.58. The first-order valence-electron chi connectivity index (χ1n) is 7.09. The van der Waals surface area contributed by atoms with Gasteiger partial charge in [-0.15, -0.1) is 0 Å². The van der Waals surface area contributed by atoms with Gasteiger partial charge in [0.05, 0.1) is 11.7 Å². The largest absolute Gasteiger partial charge is 0.448 e. The van der Waals surface area contributed by atoms with E-state index in [1.165, 1.54) is 11.3 Å². The van der Waals surface area contributed by atoms with Gasteiger partial charge in [0.1, 0.15) is 6.61 Å². The number of carbonyl (C=O) groups is 1. The topological polar surface area (TPSA) is 45.7 Å². The highest BCUT2D eigenvalue weighted by Gasteiger charge is 2.26. The number of nitrogens with zero attached hydrogens (tertiary/aromatic N) is 3. The Morgan fingerprint density at radius 1 is 1.50 bits per heavy atom. The Balaban J connectivity index is 1.89. The molecule has 0 aliphatic carbocycles. The predicted octanol–water partition coefficient (Wildman–Crippen LogP) is 2.23. The maximum absolute atomic E-state index is 11.4.